The van der Waals surface area contributed by atoms with Crippen molar-refractivity contribution in [1.29, 1.82) is 0 Å². The maximum absolute atomic E-state index is 11.8. The van der Waals surface area contributed by atoms with Gasteiger partial charge < -0.3 is 9.64 Å². The number of piperidine rings is 1. The van der Waals surface area contributed by atoms with Gasteiger partial charge in [-0.3, -0.25) is 4.79 Å². The van der Waals surface area contributed by atoms with Crippen molar-refractivity contribution in [3.63, 3.8) is 0 Å². The van der Waals surface area contributed by atoms with Crippen LogP contribution in [0.15, 0.2) is 22.7 Å². The molecule has 2 rings (SSSR count). The van der Waals surface area contributed by atoms with Crippen LogP contribution < -0.4 is 4.90 Å². The van der Waals surface area contributed by atoms with Gasteiger partial charge in [-0.2, -0.15) is 0 Å². The number of hydrogen-bond donors (Lipinski definition) is 0. The molecule has 0 aromatic heterocycles. The van der Waals surface area contributed by atoms with Gasteiger partial charge in [0.25, 0.3) is 0 Å². The van der Waals surface area contributed by atoms with Crippen molar-refractivity contribution in [3.05, 3.63) is 28.2 Å². The van der Waals surface area contributed by atoms with Crippen LogP contribution in [0.25, 0.3) is 0 Å². The van der Waals surface area contributed by atoms with Crippen molar-refractivity contribution >= 4 is 27.4 Å². The second-order valence-electron chi connectivity index (χ2n) is 5.30. The molecule has 4 heteroatoms. The van der Waals surface area contributed by atoms with E-state index in [-0.39, 0.29) is 11.9 Å². The van der Waals surface area contributed by atoms with Crippen molar-refractivity contribution in [3.8, 4) is 0 Å². The number of rotatable bonds is 5. The number of hydrogen-bond acceptors (Lipinski definition) is 3. The Morgan fingerprint density at radius 2 is 2.30 bits per heavy atom. The summed E-state index contributed by atoms with van der Waals surface area (Å²) in [6, 6.07) is 5.87. The molecule has 1 saturated heterocycles. The molecule has 1 aromatic rings. The zero-order valence-corrected chi connectivity index (χ0v) is 13.8. The summed E-state index contributed by atoms with van der Waals surface area (Å²) < 4.78 is 6.88. The van der Waals surface area contributed by atoms with Gasteiger partial charge in [-0.1, -0.05) is 22.9 Å². The third-order valence-electron chi connectivity index (χ3n) is 3.62. The molecule has 0 radical (unpaired) electrons. The molecule has 1 aromatic carbocycles. The van der Waals surface area contributed by atoms with Crippen LogP contribution in [-0.2, 0) is 4.74 Å². The quantitative estimate of drug-likeness (QED) is 0.758. The van der Waals surface area contributed by atoms with Gasteiger partial charge in [0.05, 0.1) is 6.10 Å². The van der Waals surface area contributed by atoms with Crippen LogP contribution in [0.4, 0.5) is 5.69 Å². The first-order chi connectivity index (χ1) is 9.61. The lowest BCUT2D eigenvalue weighted by Gasteiger charge is -2.35. The van der Waals surface area contributed by atoms with E-state index in [1.54, 1.807) is 6.92 Å². The lowest BCUT2D eigenvalue weighted by molar-refractivity contribution is 0.0440. The zero-order chi connectivity index (χ0) is 14.5. The van der Waals surface area contributed by atoms with Gasteiger partial charge >= 0.3 is 0 Å². The number of Topliss-reactive ketones (excluding diaryl/α,β-unsaturated/α-hetero) is 1. The average Bonchev–Trinajstić information content (AvgIpc) is 2.45. The van der Waals surface area contributed by atoms with Gasteiger partial charge in [0.15, 0.2) is 5.78 Å². The molecule has 0 N–H and O–H groups in total. The first-order valence-electron chi connectivity index (χ1n) is 7.29. The van der Waals surface area contributed by atoms with Crippen LogP contribution in [-0.4, -0.2) is 31.6 Å². The Bertz CT molecular complexity index is 476. The fourth-order valence-corrected chi connectivity index (χ4v) is 2.99. The molecule has 1 unspecified atom stereocenters. The molecular weight excluding hydrogens is 318 g/mol. The van der Waals surface area contributed by atoms with Crippen LogP contribution in [0.3, 0.4) is 0 Å². The lowest BCUT2D eigenvalue weighted by atomic mass is 10.0. The Kier molecular flexibility index (Phi) is 5.61. The van der Waals surface area contributed by atoms with Crippen molar-refractivity contribution in [2.75, 3.05) is 24.6 Å². The predicted octanol–water partition coefficient (Wildman–Crippen LogP) is 4.05. The van der Waals surface area contributed by atoms with Crippen LogP contribution in [0, 0.1) is 0 Å². The van der Waals surface area contributed by atoms with Crippen molar-refractivity contribution < 1.29 is 9.53 Å². The second-order valence-corrected chi connectivity index (χ2v) is 6.21. The van der Waals surface area contributed by atoms with E-state index in [9.17, 15) is 4.79 Å². The summed E-state index contributed by atoms with van der Waals surface area (Å²) in [6.45, 7) is 6.43. The van der Waals surface area contributed by atoms with E-state index in [1.807, 2.05) is 18.2 Å². The fraction of sp³-hybridized carbons (Fsp3) is 0.562. The van der Waals surface area contributed by atoms with Crippen LogP contribution in [0.5, 0.6) is 0 Å². The highest BCUT2D eigenvalue weighted by Gasteiger charge is 2.23. The number of benzene rings is 1. The highest BCUT2D eigenvalue weighted by Crippen LogP contribution is 2.28. The Morgan fingerprint density at radius 1 is 1.50 bits per heavy atom. The minimum Gasteiger partial charge on any atom is -0.376 e. The fourth-order valence-electron chi connectivity index (χ4n) is 2.64. The summed E-state index contributed by atoms with van der Waals surface area (Å²) in [4.78, 5) is 14.1. The first-order valence-corrected chi connectivity index (χ1v) is 8.08. The Balaban J connectivity index is 2.17. The summed E-state index contributed by atoms with van der Waals surface area (Å²) in [7, 11) is 0. The standard InChI is InChI=1S/C16H22BrNO2/c1-3-9-20-14-5-4-8-18(11-14)16-10-13(17)6-7-15(16)12(2)19/h6-7,10,14H,3-5,8-9,11H2,1-2H3. The van der Waals surface area contributed by atoms with Gasteiger partial charge in [0.2, 0.25) is 0 Å². The van der Waals surface area contributed by atoms with E-state index >= 15 is 0 Å². The number of ether oxygens (including phenoxy) is 1. The van der Waals surface area contributed by atoms with Crippen molar-refractivity contribution in [2.45, 2.75) is 39.2 Å². The normalized spacial score (nSPS) is 19.1. The van der Waals surface area contributed by atoms with E-state index in [0.29, 0.717) is 0 Å². The largest absolute Gasteiger partial charge is 0.376 e. The molecule has 1 heterocycles. The minimum atomic E-state index is 0.115. The molecule has 20 heavy (non-hydrogen) atoms. The number of carbonyl (C=O) groups is 1. The van der Waals surface area contributed by atoms with Gasteiger partial charge in [-0.15, -0.1) is 0 Å². The lowest BCUT2D eigenvalue weighted by Crippen LogP contribution is -2.40. The first kappa shape index (κ1) is 15.5. The third-order valence-corrected chi connectivity index (χ3v) is 4.11. The molecule has 0 aliphatic carbocycles. The molecule has 1 fully saturated rings. The molecule has 1 aliphatic rings. The monoisotopic (exact) mass is 339 g/mol. The summed E-state index contributed by atoms with van der Waals surface area (Å²) >= 11 is 3.50. The van der Waals surface area contributed by atoms with Gasteiger partial charge in [0, 0.05) is 35.4 Å². The number of ketones is 1. The number of anilines is 1. The molecular formula is C16H22BrNO2. The van der Waals surface area contributed by atoms with Gasteiger partial charge in [-0.25, -0.2) is 0 Å². The average molecular weight is 340 g/mol. The molecule has 3 nitrogen and oxygen atoms in total. The summed E-state index contributed by atoms with van der Waals surface area (Å²) in [6.07, 6.45) is 3.55. The number of halogens is 1. The predicted molar refractivity (Wildman–Crippen MR) is 85.6 cm³/mol. The molecule has 0 saturated carbocycles. The maximum atomic E-state index is 11.8. The van der Waals surface area contributed by atoms with E-state index in [0.717, 1.165) is 54.7 Å². The summed E-state index contributed by atoms with van der Waals surface area (Å²) in [5, 5.41) is 0. The highest BCUT2D eigenvalue weighted by molar-refractivity contribution is 9.10. The van der Waals surface area contributed by atoms with E-state index < -0.39 is 0 Å². The molecule has 1 atom stereocenters. The van der Waals surface area contributed by atoms with Gasteiger partial charge in [-0.05, 0) is 44.4 Å². The van der Waals surface area contributed by atoms with Gasteiger partial charge in [0.1, 0.15) is 0 Å². The van der Waals surface area contributed by atoms with E-state index in [4.69, 9.17) is 4.74 Å². The molecule has 0 bridgehead atoms. The van der Waals surface area contributed by atoms with Crippen LogP contribution in [0.1, 0.15) is 43.5 Å². The Morgan fingerprint density at radius 3 is 3.00 bits per heavy atom. The Labute approximate surface area is 129 Å². The smallest absolute Gasteiger partial charge is 0.161 e. The van der Waals surface area contributed by atoms with E-state index in [2.05, 4.69) is 27.8 Å². The summed E-state index contributed by atoms with van der Waals surface area (Å²) in [5.74, 6) is 0.115. The number of nitrogens with zero attached hydrogens (tertiary/aromatic N) is 1. The number of carbonyl (C=O) groups excluding carboxylic acids is 1. The second kappa shape index (κ2) is 7.23. The minimum absolute atomic E-state index is 0.115. The molecule has 110 valence electrons. The maximum Gasteiger partial charge on any atom is 0.161 e. The van der Waals surface area contributed by atoms with E-state index in [1.165, 1.54) is 0 Å². The molecule has 1 aliphatic heterocycles. The molecule has 0 amide bonds. The van der Waals surface area contributed by atoms with Crippen LogP contribution >= 0.6 is 15.9 Å². The van der Waals surface area contributed by atoms with Crippen molar-refractivity contribution in [1.82, 2.24) is 0 Å². The van der Waals surface area contributed by atoms with Crippen molar-refractivity contribution in [2.24, 2.45) is 0 Å². The topological polar surface area (TPSA) is 29.5 Å². The third kappa shape index (κ3) is 3.83. The zero-order valence-electron chi connectivity index (χ0n) is 12.2. The SMILES string of the molecule is CCCOC1CCCN(c2cc(Br)ccc2C(C)=O)C1. The highest BCUT2D eigenvalue weighted by atomic mass is 79.9. The van der Waals surface area contributed by atoms with Crippen LogP contribution in [0.2, 0.25) is 0 Å². The molecule has 0 spiro atoms. The summed E-state index contributed by atoms with van der Waals surface area (Å²) in [5.41, 5.74) is 1.82. The Hall–Kier alpha value is -0.870.